The normalized spacial score (nSPS) is 30.1. The predicted octanol–water partition coefficient (Wildman–Crippen LogP) is 3.84. The third-order valence-corrected chi connectivity index (χ3v) is 5.01. The lowest BCUT2D eigenvalue weighted by Crippen LogP contribution is -2.61. The van der Waals surface area contributed by atoms with Gasteiger partial charge in [-0.1, -0.05) is 30.7 Å². The molecule has 1 saturated carbocycles. The maximum Gasteiger partial charge on any atom is 0.439 e. The average Bonchev–Trinajstić information content (AvgIpc) is 2.81. The summed E-state index contributed by atoms with van der Waals surface area (Å²) in [6.45, 7) is 1.83. The number of carbonyl (C=O) groups excluding carboxylic acids is 1. The van der Waals surface area contributed by atoms with E-state index >= 15 is 0 Å². The van der Waals surface area contributed by atoms with E-state index in [9.17, 15) is 23.1 Å². The van der Waals surface area contributed by atoms with E-state index in [-0.39, 0.29) is 33.6 Å². The Morgan fingerprint density at radius 1 is 1.42 bits per heavy atom. The molecule has 1 heterocycles. The van der Waals surface area contributed by atoms with Crippen LogP contribution in [-0.2, 0) is 0 Å². The van der Waals surface area contributed by atoms with E-state index in [1.54, 1.807) is 6.07 Å². The van der Waals surface area contributed by atoms with Crippen molar-refractivity contribution in [1.29, 1.82) is 0 Å². The number of fused-ring (bicyclic) bond motifs is 1. The van der Waals surface area contributed by atoms with Gasteiger partial charge in [-0.25, -0.2) is 0 Å². The zero-order chi connectivity index (χ0) is 17.7. The van der Waals surface area contributed by atoms with Gasteiger partial charge in [0.1, 0.15) is 0 Å². The number of halogens is 4. The molecule has 4 nitrogen and oxygen atoms in total. The van der Waals surface area contributed by atoms with E-state index in [1.807, 2.05) is 6.92 Å². The number of rotatable bonds is 1. The van der Waals surface area contributed by atoms with Crippen molar-refractivity contribution in [2.75, 3.05) is 0 Å². The molecule has 0 radical (unpaired) electrons. The molecule has 1 aromatic carbocycles. The Hall–Kier alpha value is -1.60. The largest absolute Gasteiger partial charge is 0.439 e. The Bertz CT molecular complexity index is 707. The zero-order valence-corrected chi connectivity index (χ0v) is 13.6. The molecule has 1 N–H and O–H groups in total. The number of nitrogens with zero attached hydrogens (tertiary/aromatic N) is 2. The number of amides is 1. The Balaban J connectivity index is 2.07. The minimum absolute atomic E-state index is 0.00969. The minimum atomic E-state index is -5.03. The number of aliphatic hydroxyl groups is 1. The number of hydrazone groups is 1. The van der Waals surface area contributed by atoms with Crippen LogP contribution < -0.4 is 0 Å². The van der Waals surface area contributed by atoms with Gasteiger partial charge in [-0.15, -0.1) is 0 Å². The summed E-state index contributed by atoms with van der Waals surface area (Å²) in [5.74, 6) is -2.29. The van der Waals surface area contributed by atoms with Gasteiger partial charge in [0.2, 0.25) is 0 Å². The Labute approximate surface area is 141 Å². The Morgan fingerprint density at radius 3 is 2.71 bits per heavy atom. The fourth-order valence-corrected chi connectivity index (χ4v) is 3.58. The van der Waals surface area contributed by atoms with Gasteiger partial charge in [0.05, 0.1) is 16.5 Å². The second-order valence-corrected chi connectivity index (χ2v) is 6.75. The van der Waals surface area contributed by atoms with E-state index in [4.69, 9.17) is 11.6 Å². The van der Waals surface area contributed by atoms with Crippen LogP contribution in [0.4, 0.5) is 13.2 Å². The highest BCUT2D eigenvalue weighted by Crippen LogP contribution is 2.49. The van der Waals surface area contributed by atoms with Gasteiger partial charge in [-0.3, -0.25) is 4.79 Å². The number of hydrogen-bond acceptors (Lipinski definition) is 3. The van der Waals surface area contributed by atoms with Crippen molar-refractivity contribution in [2.24, 2.45) is 16.9 Å². The molecule has 0 unspecified atom stereocenters. The molecule has 2 aliphatic rings. The average molecular weight is 361 g/mol. The summed E-state index contributed by atoms with van der Waals surface area (Å²) in [6, 6.07) is 5.77. The first-order chi connectivity index (χ1) is 11.2. The van der Waals surface area contributed by atoms with E-state index in [2.05, 4.69) is 5.10 Å². The molecular formula is C16H16ClF3N2O2. The molecule has 3 atom stereocenters. The summed E-state index contributed by atoms with van der Waals surface area (Å²) in [7, 11) is 0. The molecule has 1 amide bonds. The van der Waals surface area contributed by atoms with E-state index < -0.39 is 23.7 Å². The van der Waals surface area contributed by atoms with Crippen LogP contribution in [0.1, 0.15) is 36.5 Å². The number of carbonyl (C=O) groups is 1. The first-order valence-electron chi connectivity index (χ1n) is 7.61. The summed E-state index contributed by atoms with van der Waals surface area (Å²) in [4.78, 5) is 12.6. The van der Waals surface area contributed by atoms with E-state index in [1.165, 1.54) is 18.2 Å². The van der Waals surface area contributed by atoms with E-state index in [0.717, 1.165) is 0 Å². The standard InChI is InChI=1S/C16H16ClF3N2O2/c1-9-6-7-13-11(8-9)15(24,16(18,19)20)22(21-13)14(23)10-4-2-3-5-12(10)17/h2-5,9,11,24H,6-8H2,1H3/t9-,11+,15+/m1/s1. The molecule has 0 bridgehead atoms. The summed E-state index contributed by atoms with van der Waals surface area (Å²) in [5.41, 5.74) is -3.25. The second kappa shape index (κ2) is 5.74. The highest BCUT2D eigenvalue weighted by molar-refractivity contribution is 6.33. The van der Waals surface area contributed by atoms with Crippen molar-refractivity contribution in [1.82, 2.24) is 5.01 Å². The van der Waals surface area contributed by atoms with Crippen molar-refractivity contribution in [3.05, 3.63) is 34.9 Å². The van der Waals surface area contributed by atoms with Crippen LogP contribution in [-0.4, -0.2) is 33.6 Å². The third kappa shape index (κ3) is 2.50. The highest BCUT2D eigenvalue weighted by Gasteiger charge is 2.68. The minimum Gasteiger partial charge on any atom is -0.362 e. The molecule has 3 rings (SSSR count). The van der Waals surface area contributed by atoms with Crippen molar-refractivity contribution >= 4 is 23.2 Å². The van der Waals surface area contributed by atoms with Gasteiger partial charge in [-0.2, -0.15) is 23.3 Å². The SMILES string of the molecule is C[C@@H]1CCC2=NN(C(=O)c3ccccc3Cl)[C@@](O)(C(F)(F)F)[C@H]2C1. The van der Waals surface area contributed by atoms with Crippen LogP contribution in [0.5, 0.6) is 0 Å². The summed E-state index contributed by atoms with van der Waals surface area (Å²) < 4.78 is 41.2. The maximum absolute atomic E-state index is 13.7. The van der Waals surface area contributed by atoms with Crippen LogP contribution in [0.3, 0.4) is 0 Å². The summed E-state index contributed by atoms with van der Waals surface area (Å²) in [6.07, 6.45) is -3.90. The van der Waals surface area contributed by atoms with Gasteiger partial charge in [0, 0.05) is 5.71 Å². The number of benzene rings is 1. The Morgan fingerprint density at radius 2 is 2.08 bits per heavy atom. The van der Waals surface area contributed by atoms with Gasteiger partial charge in [0.25, 0.3) is 11.6 Å². The lowest BCUT2D eigenvalue weighted by atomic mass is 9.76. The van der Waals surface area contributed by atoms with Crippen LogP contribution in [0, 0.1) is 11.8 Å². The molecule has 1 aliphatic carbocycles. The van der Waals surface area contributed by atoms with Crippen molar-refractivity contribution in [3.8, 4) is 0 Å². The predicted molar refractivity (Wildman–Crippen MR) is 82.6 cm³/mol. The van der Waals surface area contributed by atoms with Gasteiger partial charge < -0.3 is 5.11 Å². The number of hydrogen-bond donors (Lipinski definition) is 1. The molecular weight excluding hydrogens is 345 g/mol. The maximum atomic E-state index is 13.7. The first kappa shape index (κ1) is 17.2. The van der Waals surface area contributed by atoms with Gasteiger partial charge in [0.15, 0.2) is 0 Å². The molecule has 0 spiro atoms. The van der Waals surface area contributed by atoms with Crippen LogP contribution in [0.15, 0.2) is 29.4 Å². The fourth-order valence-electron chi connectivity index (χ4n) is 3.36. The monoisotopic (exact) mass is 360 g/mol. The van der Waals surface area contributed by atoms with E-state index in [0.29, 0.717) is 12.8 Å². The van der Waals surface area contributed by atoms with Crippen LogP contribution >= 0.6 is 11.6 Å². The Kier molecular flexibility index (Phi) is 4.12. The smallest absolute Gasteiger partial charge is 0.362 e. The summed E-state index contributed by atoms with van der Waals surface area (Å²) in [5, 5.41) is 14.6. The topological polar surface area (TPSA) is 52.9 Å². The zero-order valence-electron chi connectivity index (χ0n) is 12.8. The van der Waals surface area contributed by atoms with Crippen LogP contribution in [0.2, 0.25) is 5.02 Å². The molecule has 130 valence electrons. The molecule has 1 aliphatic heterocycles. The molecule has 24 heavy (non-hydrogen) atoms. The van der Waals surface area contributed by atoms with Crippen molar-refractivity contribution in [3.63, 3.8) is 0 Å². The molecule has 0 aromatic heterocycles. The molecule has 1 aromatic rings. The van der Waals surface area contributed by atoms with Crippen molar-refractivity contribution < 1.29 is 23.1 Å². The van der Waals surface area contributed by atoms with Crippen molar-refractivity contribution in [2.45, 2.75) is 38.1 Å². The molecule has 0 saturated heterocycles. The lowest BCUT2D eigenvalue weighted by Gasteiger charge is -2.39. The lowest BCUT2D eigenvalue weighted by molar-refractivity contribution is -0.313. The first-order valence-corrected chi connectivity index (χ1v) is 7.99. The third-order valence-electron chi connectivity index (χ3n) is 4.68. The number of alkyl halides is 3. The van der Waals surface area contributed by atoms with Gasteiger partial charge in [-0.05, 0) is 37.3 Å². The summed E-state index contributed by atoms with van der Waals surface area (Å²) >= 11 is 5.92. The molecule has 1 fully saturated rings. The quantitative estimate of drug-likeness (QED) is 0.827. The van der Waals surface area contributed by atoms with Gasteiger partial charge >= 0.3 is 6.18 Å². The molecule has 8 heteroatoms. The second-order valence-electron chi connectivity index (χ2n) is 6.34. The highest BCUT2D eigenvalue weighted by atomic mass is 35.5. The van der Waals surface area contributed by atoms with Crippen LogP contribution in [0.25, 0.3) is 0 Å². The fraction of sp³-hybridized carbons (Fsp3) is 0.500.